The SMILES string of the molecule is CC(F)(F)c1cnc2ncc(-c3ccc(OC(F)(F)F)cc3)cn12. The van der Waals surface area contributed by atoms with Gasteiger partial charge in [0.1, 0.15) is 11.4 Å². The zero-order chi connectivity index (χ0) is 17.5. The van der Waals surface area contributed by atoms with E-state index in [1.165, 1.54) is 24.5 Å². The first-order valence-corrected chi connectivity index (χ1v) is 6.71. The van der Waals surface area contributed by atoms with Gasteiger partial charge in [0.05, 0.1) is 6.20 Å². The van der Waals surface area contributed by atoms with Gasteiger partial charge in [-0.05, 0) is 17.7 Å². The average Bonchev–Trinajstić information content (AvgIpc) is 2.89. The molecule has 0 aliphatic heterocycles. The number of imidazole rings is 1. The topological polar surface area (TPSA) is 39.4 Å². The predicted molar refractivity (Wildman–Crippen MR) is 74.7 cm³/mol. The molecular weight excluding hydrogens is 333 g/mol. The van der Waals surface area contributed by atoms with Crippen LogP contribution in [0.15, 0.2) is 42.9 Å². The number of halogens is 5. The van der Waals surface area contributed by atoms with Crippen molar-refractivity contribution in [3.8, 4) is 16.9 Å². The van der Waals surface area contributed by atoms with E-state index in [2.05, 4.69) is 14.7 Å². The lowest BCUT2D eigenvalue weighted by Gasteiger charge is -2.11. The molecule has 0 unspecified atom stereocenters. The van der Waals surface area contributed by atoms with Crippen LogP contribution in [0.4, 0.5) is 22.0 Å². The molecule has 0 aliphatic rings. The van der Waals surface area contributed by atoms with Crippen molar-refractivity contribution >= 4 is 5.78 Å². The summed E-state index contributed by atoms with van der Waals surface area (Å²) in [6.45, 7) is 0.742. The quantitative estimate of drug-likeness (QED) is 0.662. The Balaban J connectivity index is 1.97. The number of benzene rings is 1. The molecule has 2 heterocycles. The number of rotatable bonds is 3. The molecule has 24 heavy (non-hydrogen) atoms. The number of ether oxygens (including phenoxy) is 1. The van der Waals surface area contributed by atoms with Gasteiger partial charge in [-0.1, -0.05) is 12.1 Å². The van der Waals surface area contributed by atoms with Gasteiger partial charge in [0.25, 0.3) is 5.92 Å². The average molecular weight is 343 g/mol. The zero-order valence-electron chi connectivity index (χ0n) is 12.2. The van der Waals surface area contributed by atoms with Crippen LogP contribution in [0.2, 0.25) is 0 Å². The number of hydrogen-bond donors (Lipinski definition) is 0. The monoisotopic (exact) mass is 343 g/mol. The van der Waals surface area contributed by atoms with E-state index >= 15 is 0 Å². The van der Waals surface area contributed by atoms with Crippen molar-refractivity contribution in [1.82, 2.24) is 14.4 Å². The zero-order valence-corrected chi connectivity index (χ0v) is 12.2. The summed E-state index contributed by atoms with van der Waals surface area (Å²) in [5.74, 6) is -3.37. The van der Waals surface area contributed by atoms with E-state index in [1.807, 2.05) is 0 Å². The molecule has 0 amide bonds. The lowest BCUT2D eigenvalue weighted by Crippen LogP contribution is -2.16. The molecule has 0 fully saturated rings. The van der Waals surface area contributed by atoms with Gasteiger partial charge in [-0.3, -0.25) is 4.40 Å². The fourth-order valence-electron chi connectivity index (χ4n) is 2.20. The number of fused-ring (bicyclic) bond motifs is 1. The Hall–Kier alpha value is -2.71. The van der Waals surface area contributed by atoms with Crippen molar-refractivity contribution < 1.29 is 26.7 Å². The highest BCUT2D eigenvalue weighted by atomic mass is 19.4. The van der Waals surface area contributed by atoms with Crippen LogP contribution in [-0.2, 0) is 5.92 Å². The Bertz CT molecular complexity index is 865. The third-order valence-corrected chi connectivity index (χ3v) is 3.24. The maximum atomic E-state index is 13.6. The largest absolute Gasteiger partial charge is 0.573 e. The van der Waals surface area contributed by atoms with Gasteiger partial charge < -0.3 is 4.74 Å². The minimum Gasteiger partial charge on any atom is -0.406 e. The first-order valence-electron chi connectivity index (χ1n) is 6.71. The van der Waals surface area contributed by atoms with Crippen molar-refractivity contribution in [2.75, 3.05) is 0 Å². The van der Waals surface area contributed by atoms with Crippen LogP contribution in [0.25, 0.3) is 16.9 Å². The highest BCUT2D eigenvalue weighted by molar-refractivity contribution is 5.63. The molecule has 0 aliphatic carbocycles. The Kier molecular flexibility index (Phi) is 3.66. The molecule has 9 heteroatoms. The second-order valence-corrected chi connectivity index (χ2v) is 5.12. The fraction of sp³-hybridized carbons (Fsp3) is 0.200. The molecule has 0 N–H and O–H groups in total. The van der Waals surface area contributed by atoms with Crippen molar-refractivity contribution in [2.24, 2.45) is 0 Å². The van der Waals surface area contributed by atoms with Crippen molar-refractivity contribution in [3.05, 3.63) is 48.5 Å². The van der Waals surface area contributed by atoms with E-state index in [9.17, 15) is 22.0 Å². The molecule has 0 saturated heterocycles. The van der Waals surface area contributed by atoms with E-state index in [0.29, 0.717) is 11.1 Å². The standard InChI is InChI=1S/C15H10F5N3O/c1-14(16,17)12-7-22-13-21-6-10(8-23(12)13)9-2-4-11(5-3-9)24-15(18,19)20/h2-8H,1H3. The third-order valence-electron chi connectivity index (χ3n) is 3.24. The fourth-order valence-corrected chi connectivity index (χ4v) is 2.20. The van der Waals surface area contributed by atoms with E-state index in [4.69, 9.17) is 0 Å². The second-order valence-electron chi connectivity index (χ2n) is 5.12. The van der Waals surface area contributed by atoms with Crippen LogP contribution in [-0.4, -0.2) is 20.7 Å². The van der Waals surface area contributed by atoms with Crippen molar-refractivity contribution in [2.45, 2.75) is 19.2 Å². The van der Waals surface area contributed by atoms with Crippen LogP contribution in [0.1, 0.15) is 12.6 Å². The summed E-state index contributed by atoms with van der Waals surface area (Å²) >= 11 is 0. The van der Waals surface area contributed by atoms with Gasteiger partial charge in [0, 0.05) is 24.9 Å². The maximum Gasteiger partial charge on any atom is 0.573 e. The number of alkyl halides is 5. The summed E-state index contributed by atoms with van der Waals surface area (Å²) in [7, 11) is 0. The van der Waals surface area contributed by atoms with Gasteiger partial charge in [-0.25, -0.2) is 9.97 Å². The van der Waals surface area contributed by atoms with E-state index in [1.54, 1.807) is 0 Å². The van der Waals surface area contributed by atoms with Crippen LogP contribution in [0.3, 0.4) is 0 Å². The summed E-state index contributed by atoms with van der Waals surface area (Å²) in [4.78, 5) is 7.78. The molecule has 2 aromatic heterocycles. The van der Waals surface area contributed by atoms with Gasteiger partial charge in [0.15, 0.2) is 0 Å². The summed E-state index contributed by atoms with van der Waals surface area (Å²) in [5.41, 5.74) is 0.617. The normalized spacial score (nSPS) is 12.6. The highest BCUT2D eigenvalue weighted by Gasteiger charge is 2.31. The molecule has 3 aromatic rings. The summed E-state index contributed by atoms with van der Waals surface area (Å²) < 4.78 is 68.5. The van der Waals surface area contributed by atoms with Crippen molar-refractivity contribution in [3.63, 3.8) is 0 Å². The van der Waals surface area contributed by atoms with E-state index < -0.39 is 12.3 Å². The molecule has 0 spiro atoms. The third kappa shape index (κ3) is 3.29. The molecule has 4 nitrogen and oxygen atoms in total. The minimum absolute atomic E-state index is 0.104. The first kappa shape index (κ1) is 16.2. The molecular formula is C15H10F5N3O. The number of aromatic nitrogens is 3. The van der Waals surface area contributed by atoms with Gasteiger partial charge in [0.2, 0.25) is 5.78 Å². The van der Waals surface area contributed by atoms with Gasteiger partial charge >= 0.3 is 6.36 Å². The lowest BCUT2D eigenvalue weighted by atomic mass is 10.1. The molecule has 1 aromatic carbocycles. The second kappa shape index (κ2) is 5.43. The summed E-state index contributed by atoms with van der Waals surface area (Å²) in [6.07, 6.45) is -0.936. The summed E-state index contributed by atoms with van der Waals surface area (Å²) in [6, 6.07) is 5.03. The summed E-state index contributed by atoms with van der Waals surface area (Å²) in [5, 5.41) is 0. The molecule has 0 bridgehead atoms. The smallest absolute Gasteiger partial charge is 0.406 e. The maximum absolute atomic E-state index is 13.6. The van der Waals surface area contributed by atoms with Crippen LogP contribution in [0, 0.1) is 0 Å². The highest BCUT2D eigenvalue weighted by Crippen LogP contribution is 2.29. The van der Waals surface area contributed by atoms with Crippen LogP contribution >= 0.6 is 0 Å². The van der Waals surface area contributed by atoms with Crippen LogP contribution < -0.4 is 4.74 Å². The predicted octanol–water partition coefficient (Wildman–Crippen LogP) is 4.41. The van der Waals surface area contributed by atoms with E-state index in [-0.39, 0.29) is 17.2 Å². The minimum atomic E-state index is -4.78. The number of nitrogens with zero attached hydrogens (tertiary/aromatic N) is 3. The Morgan fingerprint density at radius 2 is 1.54 bits per heavy atom. The molecule has 0 saturated carbocycles. The van der Waals surface area contributed by atoms with Gasteiger partial charge in [-0.15, -0.1) is 13.2 Å². The lowest BCUT2D eigenvalue weighted by molar-refractivity contribution is -0.274. The Morgan fingerprint density at radius 3 is 2.12 bits per heavy atom. The van der Waals surface area contributed by atoms with E-state index in [0.717, 1.165) is 29.7 Å². The van der Waals surface area contributed by atoms with Gasteiger partial charge in [-0.2, -0.15) is 8.78 Å². The Labute approximate surface area is 132 Å². The Morgan fingerprint density at radius 1 is 0.917 bits per heavy atom. The molecule has 126 valence electrons. The number of hydrogen-bond acceptors (Lipinski definition) is 3. The molecule has 0 radical (unpaired) electrons. The molecule has 0 atom stereocenters. The molecule has 3 rings (SSSR count). The first-order chi connectivity index (χ1) is 11.1. The van der Waals surface area contributed by atoms with Crippen LogP contribution in [0.5, 0.6) is 5.75 Å². The van der Waals surface area contributed by atoms with Crippen molar-refractivity contribution in [1.29, 1.82) is 0 Å².